The summed E-state index contributed by atoms with van der Waals surface area (Å²) in [6.45, 7) is 4.29. The van der Waals surface area contributed by atoms with Crippen LogP contribution in [0.25, 0.3) is 0 Å². The van der Waals surface area contributed by atoms with E-state index >= 15 is 0 Å². The number of nitrogens with zero attached hydrogens (tertiary/aromatic N) is 2. The standard InChI is InChI=1S/C9H15N3O/c1-3-8-4-9(12-6-11-8)10-5-7(2)13/h4,6-7,13H,3,5H2,1-2H3,(H,10,11,12)/t7-/m0/s1. The Labute approximate surface area is 78.0 Å². The van der Waals surface area contributed by atoms with E-state index in [0.717, 1.165) is 17.9 Å². The number of anilines is 1. The molecule has 0 saturated carbocycles. The fraction of sp³-hybridized carbons (Fsp3) is 0.556. The van der Waals surface area contributed by atoms with Gasteiger partial charge in [0.25, 0.3) is 0 Å². The Morgan fingerprint density at radius 3 is 2.92 bits per heavy atom. The van der Waals surface area contributed by atoms with Crippen molar-refractivity contribution in [1.29, 1.82) is 0 Å². The monoisotopic (exact) mass is 181 g/mol. The van der Waals surface area contributed by atoms with Gasteiger partial charge in [-0.15, -0.1) is 0 Å². The van der Waals surface area contributed by atoms with Crippen molar-refractivity contribution < 1.29 is 5.11 Å². The van der Waals surface area contributed by atoms with E-state index in [1.807, 2.05) is 13.0 Å². The molecule has 0 radical (unpaired) electrons. The molecule has 0 bridgehead atoms. The lowest BCUT2D eigenvalue weighted by Gasteiger charge is -2.07. The molecule has 0 unspecified atom stereocenters. The van der Waals surface area contributed by atoms with E-state index in [-0.39, 0.29) is 6.10 Å². The maximum Gasteiger partial charge on any atom is 0.129 e. The van der Waals surface area contributed by atoms with Gasteiger partial charge in [-0.25, -0.2) is 9.97 Å². The maximum atomic E-state index is 9.03. The molecule has 1 aromatic rings. The van der Waals surface area contributed by atoms with E-state index in [4.69, 9.17) is 5.11 Å². The summed E-state index contributed by atoms with van der Waals surface area (Å²) in [6.07, 6.45) is 2.06. The summed E-state index contributed by atoms with van der Waals surface area (Å²) >= 11 is 0. The van der Waals surface area contributed by atoms with Crippen LogP contribution in [0.1, 0.15) is 19.5 Å². The number of aliphatic hydroxyl groups is 1. The Hall–Kier alpha value is -1.16. The Morgan fingerprint density at radius 2 is 2.31 bits per heavy atom. The topological polar surface area (TPSA) is 58.0 Å². The molecule has 0 aliphatic rings. The highest BCUT2D eigenvalue weighted by atomic mass is 16.3. The number of hydrogen-bond donors (Lipinski definition) is 2. The van der Waals surface area contributed by atoms with Crippen molar-refractivity contribution in [2.45, 2.75) is 26.4 Å². The first-order valence-corrected chi connectivity index (χ1v) is 4.45. The van der Waals surface area contributed by atoms with Crippen LogP contribution in [0.2, 0.25) is 0 Å². The molecule has 0 spiro atoms. The van der Waals surface area contributed by atoms with Gasteiger partial charge in [0, 0.05) is 18.3 Å². The lowest BCUT2D eigenvalue weighted by Crippen LogP contribution is -2.16. The van der Waals surface area contributed by atoms with Gasteiger partial charge in [0.2, 0.25) is 0 Å². The summed E-state index contributed by atoms with van der Waals surface area (Å²) in [4.78, 5) is 8.10. The van der Waals surface area contributed by atoms with Gasteiger partial charge in [0.05, 0.1) is 6.10 Å². The van der Waals surface area contributed by atoms with Crippen LogP contribution >= 0.6 is 0 Å². The van der Waals surface area contributed by atoms with E-state index in [9.17, 15) is 0 Å². The molecule has 1 aromatic heterocycles. The normalized spacial score (nSPS) is 12.5. The highest BCUT2D eigenvalue weighted by Crippen LogP contribution is 2.03. The van der Waals surface area contributed by atoms with Gasteiger partial charge in [-0.1, -0.05) is 6.92 Å². The van der Waals surface area contributed by atoms with Gasteiger partial charge in [0.15, 0.2) is 0 Å². The molecule has 0 fully saturated rings. The predicted molar refractivity (Wildman–Crippen MR) is 51.6 cm³/mol. The third-order valence-electron chi connectivity index (χ3n) is 1.66. The minimum atomic E-state index is -0.361. The van der Waals surface area contributed by atoms with Gasteiger partial charge in [0.1, 0.15) is 12.1 Å². The third kappa shape index (κ3) is 3.38. The van der Waals surface area contributed by atoms with Crippen molar-refractivity contribution in [3.8, 4) is 0 Å². The summed E-state index contributed by atoms with van der Waals surface area (Å²) < 4.78 is 0. The smallest absolute Gasteiger partial charge is 0.129 e. The largest absolute Gasteiger partial charge is 0.392 e. The summed E-state index contributed by atoms with van der Waals surface area (Å²) in [5.41, 5.74) is 1.00. The van der Waals surface area contributed by atoms with Crippen LogP contribution in [0.4, 0.5) is 5.82 Å². The lowest BCUT2D eigenvalue weighted by molar-refractivity contribution is 0.208. The molecular weight excluding hydrogens is 166 g/mol. The number of hydrogen-bond acceptors (Lipinski definition) is 4. The van der Waals surface area contributed by atoms with Gasteiger partial charge >= 0.3 is 0 Å². The van der Waals surface area contributed by atoms with E-state index in [1.54, 1.807) is 6.92 Å². The zero-order valence-electron chi connectivity index (χ0n) is 7.99. The van der Waals surface area contributed by atoms with Gasteiger partial charge in [-0.05, 0) is 13.3 Å². The molecule has 72 valence electrons. The predicted octanol–water partition coefficient (Wildman–Crippen LogP) is 0.832. The van der Waals surface area contributed by atoms with Crippen LogP contribution in [-0.2, 0) is 6.42 Å². The van der Waals surface area contributed by atoms with Crippen molar-refractivity contribution in [3.63, 3.8) is 0 Å². The van der Waals surface area contributed by atoms with Crippen molar-refractivity contribution in [3.05, 3.63) is 18.1 Å². The summed E-state index contributed by atoms with van der Waals surface area (Å²) in [5.74, 6) is 0.771. The molecule has 0 aliphatic carbocycles. The first-order valence-electron chi connectivity index (χ1n) is 4.45. The zero-order chi connectivity index (χ0) is 9.68. The average Bonchev–Trinajstić information content (AvgIpc) is 2.15. The number of aromatic nitrogens is 2. The molecule has 1 atom stereocenters. The summed E-state index contributed by atoms with van der Waals surface area (Å²) in [7, 11) is 0. The fourth-order valence-corrected chi connectivity index (χ4v) is 0.940. The second kappa shape index (κ2) is 4.77. The van der Waals surface area contributed by atoms with Crippen LogP contribution in [0.15, 0.2) is 12.4 Å². The quantitative estimate of drug-likeness (QED) is 0.722. The SMILES string of the molecule is CCc1cc(NC[C@H](C)O)ncn1. The molecule has 2 N–H and O–H groups in total. The van der Waals surface area contributed by atoms with Crippen LogP contribution in [0.3, 0.4) is 0 Å². The van der Waals surface area contributed by atoms with E-state index in [1.165, 1.54) is 6.33 Å². The first kappa shape index (κ1) is 9.92. The van der Waals surface area contributed by atoms with Crippen LogP contribution < -0.4 is 5.32 Å². The number of aliphatic hydroxyl groups excluding tert-OH is 1. The Kier molecular flexibility index (Phi) is 3.64. The van der Waals surface area contributed by atoms with E-state index in [2.05, 4.69) is 15.3 Å². The minimum absolute atomic E-state index is 0.361. The number of nitrogens with one attached hydrogen (secondary N) is 1. The molecule has 4 nitrogen and oxygen atoms in total. The highest BCUT2D eigenvalue weighted by Gasteiger charge is 1.98. The lowest BCUT2D eigenvalue weighted by atomic mass is 10.3. The van der Waals surface area contributed by atoms with Crippen LogP contribution in [0, 0.1) is 0 Å². The summed E-state index contributed by atoms with van der Waals surface area (Å²) in [6, 6.07) is 1.89. The molecule has 0 amide bonds. The zero-order valence-corrected chi connectivity index (χ0v) is 7.99. The second-order valence-corrected chi connectivity index (χ2v) is 2.98. The summed E-state index contributed by atoms with van der Waals surface area (Å²) in [5, 5.41) is 12.1. The van der Waals surface area contributed by atoms with E-state index in [0.29, 0.717) is 6.54 Å². The molecular formula is C9H15N3O. The third-order valence-corrected chi connectivity index (χ3v) is 1.66. The Balaban J connectivity index is 2.56. The molecule has 4 heteroatoms. The molecule has 0 aromatic carbocycles. The molecule has 0 saturated heterocycles. The minimum Gasteiger partial charge on any atom is -0.392 e. The number of aryl methyl sites for hydroxylation is 1. The molecule has 1 heterocycles. The maximum absolute atomic E-state index is 9.03. The van der Waals surface area contributed by atoms with Crippen molar-refractivity contribution in [2.24, 2.45) is 0 Å². The molecule has 1 rings (SSSR count). The van der Waals surface area contributed by atoms with Crippen molar-refractivity contribution >= 4 is 5.82 Å². The van der Waals surface area contributed by atoms with Crippen LogP contribution in [-0.4, -0.2) is 27.7 Å². The Bertz CT molecular complexity index is 263. The van der Waals surface area contributed by atoms with Crippen LogP contribution in [0.5, 0.6) is 0 Å². The average molecular weight is 181 g/mol. The molecule has 13 heavy (non-hydrogen) atoms. The van der Waals surface area contributed by atoms with Gasteiger partial charge in [-0.2, -0.15) is 0 Å². The number of rotatable bonds is 4. The van der Waals surface area contributed by atoms with Crippen molar-refractivity contribution in [1.82, 2.24) is 9.97 Å². The van der Waals surface area contributed by atoms with Gasteiger partial charge < -0.3 is 10.4 Å². The van der Waals surface area contributed by atoms with E-state index < -0.39 is 0 Å². The van der Waals surface area contributed by atoms with Crippen molar-refractivity contribution in [2.75, 3.05) is 11.9 Å². The second-order valence-electron chi connectivity index (χ2n) is 2.98. The first-order chi connectivity index (χ1) is 6.22. The molecule has 0 aliphatic heterocycles. The van der Waals surface area contributed by atoms with Gasteiger partial charge in [-0.3, -0.25) is 0 Å². The fourth-order valence-electron chi connectivity index (χ4n) is 0.940. The Morgan fingerprint density at radius 1 is 1.54 bits per heavy atom. The highest BCUT2D eigenvalue weighted by molar-refractivity contribution is 5.34.